The van der Waals surface area contributed by atoms with Gasteiger partial charge in [0.25, 0.3) is 11.6 Å². The molecule has 0 radical (unpaired) electrons. The molecule has 0 aliphatic carbocycles. The van der Waals surface area contributed by atoms with Crippen LogP contribution in [0.4, 0.5) is 64.1 Å². The summed E-state index contributed by atoms with van der Waals surface area (Å²) in [5.74, 6) is 1.76. The molecule has 0 saturated heterocycles. The van der Waals surface area contributed by atoms with E-state index < -0.39 is 58.3 Å². The predicted octanol–water partition coefficient (Wildman–Crippen LogP) is 4.38. The smallest absolute Gasteiger partial charge is 0.416 e. The molecule has 6 N–H and O–H groups in total. The van der Waals surface area contributed by atoms with Crippen LogP contribution in [0.3, 0.4) is 0 Å². The molecule has 0 spiro atoms. The van der Waals surface area contributed by atoms with Gasteiger partial charge in [-0.15, -0.1) is 0 Å². The molecule has 4 heterocycles. The third-order valence-corrected chi connectivity index (χ3v) is 12.6. The monoisotopic (exact) mass is 1140 g/mol. The third kappa shape index (κ3) is 14.8. The predicted molar refractivity (Wildman–Crippen MR) is 256 cm³/mol. The van der Waals surface area contributed by atoms with Gasteiger partial charge in [-0.3, -0.25) is 0 Å². The van der Waals surface area contributed by atoms with Crippen molar-refractivity contribution in [2.75, 3.05) is 23.7 Å². The summed E-state index contributed by atoms with van der Waals surface area (Å²) in [6.07, 6.45) is -12.9. The van der Waals surface area contributed by atoms with E-state index in [0.717, 1.165) is 82.1 Å². The highest BCUT2D eigenvalue weighted by Crippen LogP contribution is 2.39. The lowest BCUT2D eigenvalue weighted by molar-refractivity contribution is -0.715. The first-order chi connectivity index (χ1) is 33.4. The second-order valence-corrected chi connectivity index (χ2v) is 18.7. The maximum atomic E-state index is 13.1. The second-order valence-electron chi connectivity index (χ2n) is 17.9. The van der Waals surface area contributed by atoms with E-state index in [1.165, 1.54) is 0 Å². The molecule has 2 aromatic heterocycles. The number of nitrogens with zero attached hydrogens (tertiary/aromatic N) is 6. The zero-order valence-corrected chi connectivity index (χ0v) is 43.8. The normalized spacial score (nSPS) is 15.0. The highest BCUT2D eigenvalue weighted by Gasteiger charge is 2.39. The van der Waals surface area contributed by atoms with E-state index in [1.807, 2.05) is 72.7 Å². The fourth-order valence-electron chi connectivity index (χ4n) is 9.12. The van der Waals surface area contributed by atoms with E-state index in [0.29, 0.717) is 37.4 Å². The second kappa shape index (κ2) is 23.6. The fraction of sp³-hybridized carbons (Fsp3) is 0.375. The van der Waals surface area contributed by atoms with Crippen LogP contribution in [0.5, 0.6) is 0 Å². The van der Waals surface area contributed by atoms with E-state index in [2.05, 4.69) is 45.5 Å². The van der Waals surface area contributed by atoms with E-state index in [1.54, 1.807) is 0 Å². The van der Waals surface area contributed by atoms with Crippen LogP contribution >= 0.6 is 24.4 Å². The number of nitrogens with one attached hydrogen (secondary N) is 4. The van der Waals surface area contributed by atoms with Gasteiger partial charge in [0, 0.05) is 34.4 Å². The van der Waals surface area contributed by atoms with E-state index in [9.17, 15) is 52.7 Å². The van der Waals surface area contributed by atoms with Gasteiger partial charge in [0.05, 0.1) is 47.4 Å². The SMILES string of the molecule is Cc1cc(C)c(-n2c[n+]3c(n2)CC[C@H]3CNC(=S)Nc2cc(C(F)(F)F)cc(C(F)(F)F)c2)c(C)c1.Cc1cc(C)c(-n2c[n+]3c(n2)CC[C@H]3CNC(=S)Nc2cc(C(F)(F)F)cc(C(F)(F)F)c2)c(C)c1.O.[Cl-].[Cl-]. The number of aromatic nitrogens is 6. The minimum atomic E-state index is -4.93. The summed E-state index contributed by atoms with van der Waals surface area (Å²) in [7, 11) is 0. The van der Waals surface area contributed by atoms with Crippen molar-refractivity contribution in [2.45, 2.75) is 104 Å². The molecule has 27 heteroatoms. The first-order valence-electron chi connectivity index (χ1n) is 22.3. The molecule has 0 unspecified atom stereocenters. The Morgan fingerprint density at radius 3 is 1.05 bits per heavy atom. The van der Waals surface area contributed by atoms with Crippen LogP contribution in [0.25, 0.3) is 11.4 Å². The summed E-state index contributed by atoms with van der Waals surface area (Å²) >= 11 is 10.3. The molecule has 4 aromatic carbocycles. The number of aryl methyl sites for hydroxylation is 8. The summed E-state index contributed by atoms with van der Waals surface area (Å²) in [6.45, 7) is 12.8. The molecule has 2 atom stereocenters. The Labute approximate surface area is 446 Å². The number of fused-ring (bicyclic) bond motifs is 2. The lowest BCUT2D eigenvalue weighted by Gasteiger charge is -2.17. The number of alkyl halides is 12. The summed E-state index contributed by atoms with van der Waals surface area (Å²) in [5, 5.41) is 20.0. The Balaban J connectivity index is 0.000000312. The number of thiocarbonyl (C=S) groups is 2. The Hall–Kier alpha value is -5.76. The average Bonchev–Trinajstić information content (AvgIpc) is 4.03. The van der Waals surface area contributed by atoms with Gasteiger partial charge < -0.3 is 51.6 Å². The molecule has 11 nitrogen and oxygen atoms in total. The maximum absolute atomic E-state index is 13.1. The third-order valence-electron chi connectivity index (χ3n) is 12.1. The van der Waals surface area contributed by atoms with Crippen molar-refractivity contribution in [1.82, 2.24) is 30.2 Å². The summed E-state index contributed by atoms with van der Waals surface area (Å²) in [4.78, 5) is 0. The van der Waals surface area contributed by atoms with Gasteiger partial charge >= 0.3 is 24.7 Å². The summed E-state index contributed by atoms with van der Waals surface area (Å²) in [6, 6.07) is 10.8. The van der Waals surface area contributed by atoms with Crippen molar-refractivity contribution in [3.05, 3.63) is 141 Å². The van der Waals surface area contributed by atoms with Crippen LogP contribution < -0.4 is 55.2 Å². The number of anilines is 2. The molecule has 2 aliphatic rings. The van der Waals surface area contributed by atoms with Crippen LogP contribution in [0.15, 0.2) is 73.3 Å². The van der Waals surface area contributed by atoms with Gasteiger partial charge in [-0.2, -0.15) is 52.7 Å². The molecule has 75 heavy (non-hydrogen) atoms. The van der Waals surface area contributed by atoms with Crippen molar-refractivity contribution in [1.29, 1.82) is 0 Å². The van der Waals surface area contributed by atoms with Crippen molar-refractivity contribution >= 4 is 46.0 Å². The zero-order chi connectivity index (χ0) is 52.8. The van der Waals surface area contributed by atoms with Gasteiger partial charge in [0.15, 0.2) is 10.2 Å². The molecule has 8 rings (SSSR count). The van der Waals surface area contributed by atoms with Gasteiger partial charge in [-0.05, 0) is 137 Å². The number of rotatable bonds is 8. The molecule has 6 aromatic rings. The zero-order valence-electron chi connectivity index (χ0n) is 40.6. The van der Waals surface area contributed by atoms with Crippen LogP contribution in [-0.4, -0.2) is 48.4 Å². The quantitative estimate of drug-likeness (QED) is 0.101. The first kappa shape index (κ1) is 61.8. The number of benzene rings is 4. The number of hydrogen-bond acceptors (Lipinski definition) is 4. The number of hydrogen-bond donors (Lipinski definition) is 4. The van der Waals surface area contributed by atoms with Gasteiger partial charge in [0.1, 0.15) is 11.4 Å². The number of halogens is 14. The minimum Gasteiger partial charge on any atom is -1.00 e. The fourth-order valence-corrected chi connectivity index (χ4v) is 9.52. The molecular weight excluding hydrogens is 1100 g/mol. The first-order valence-corrected chi connectivity index (χ1v) is 23.1. The Kier molecular flexibility index (Phi) is 19.5. The largest absolute Gasteiger partial charge is 1.00 e. The Morgan fingerprint density at radius 1 is 0.507 bits per heavy atom. The topological polar surface area (TPSA) is 123 Å². The van der Waals surface area contributed by atoms with Gasteiger partial charge in [-0.25, -0.2) is 9.13 Å². The average molecular weight is 1150 g/mol. The molecule has 0 saturated carbocycles. The van der Waals surface area contributed by atoms with Crippen molar-refractivity contribution < 1.29 is 92.1 Å². The summed E-state index contributed by atoms with van der Waals surface area (Å²) in [5.41, 5.74) is 2.25. The molecule has 0 bridgehead atoms. The van der Waals surface area contributed by atoms with Gasteiger partial charge in [-0.1, -0.05) is 44.8 Å². The lowest BCUT2D eigenvalue weighted by Crippen LogP contribution is -3.00. The van der Waals surface area contributed by atoms with E-state index in [4.69, 9.17) is 34.6 Å². The molecule has 2 aliphatic heterocycles. The van der Waals surface area contributed by atoms with Crippen LogP contribution in [0, 0.1) is 41.5 Å². The lowest BCUT2D eigenvalue weighted by atomic mass is 10.1. The van der Waals surface area contributed by atoms with E-state index in [-0.39, 0.29) is 64.7 Å². The van der Waals surface area contributed by atoms with Crippen molar-refractivity contribution in [2.24, 2.45) is 0 Å². The van der Waals surface area contributed by atoms with E-state index >= 15 is 0 Å². The Bertz CT molecular complexity index is 2730. The summed E-state index contributed by atoms with van der Waals surface area (Å²) < 4.78 is 165. The molecule has 408 valence electrons. The van der Waals surface area contributed by atoms with Gasteiger partial charge in [0.2, 0.25) is 12.7 Å². The molecule has 0 amide bonds. The van der Waals surface area contributed by atoms with Crippen molar-refractivity contribution in [3.8, 4) is 11.4 Å². The van der Waals surface area contributed by atoms with Crippen LogP contribution in [-0.2, 0) is 37.5 Å². The molecular formula is C48H50Cl2F12N10OS2. The highest BCUT2D eigenvalue weighted by molar-refractivity contribution is 7.80. The van der Waals surface area contributed by atoms with Crippen molar-refractivity contribution in [3.63, 3.8) is 0 Å². The maximum Gasteiger partial charge on any atom is 0.416 e. The molecule has 0 fully saturated rings. The van der Waals surface area contributed by atoms with Crippen LogP contribution in [0.1, 0.15) is 92.2 Å². The van der Waals surface area contributed by atoms with Crippen LogP contribution in [0.2, 0.25) is 0 Å². The minimum absolute atomic E-state index is 0. The highest BCUT2D eigenvalue weighted by atomic mass is 35.5. The Morgan fingerprint density at radius 2 is 0.787 bits per heavy atom. The standard InChI is InChI=1S/2C24H23F6N5S.2ClH.H2O/c2*1-13-6-14(2)21(15(3)7-13)35-12-34-19(4-5-20(34)33-35)11-31-22(36)32-18-9-16(23(25,26)27)8-17(10-18)24(28,29)30;;;/h2*6-10,12,19H,4-5,11H2,1-3H3,(H-,31,32,36);2*1H;1H2/t2*19-;;;/m00.../s1.